The van der Waals surface area contributed by atoms with E-state index in [1.165, 1.54) is 16.5 Å². The second-order valence-corrected chi connectivity index (χ2v) is 11.1. The number of aromatic nitrogens is 6. The standard InChI is InChI=1S/C32H28N6O4.C4H6O2/c1-20(2)32(41)42-18-17-22-13-16-30(40)31(38-35-26-9-5-6-10-27(26)36-38)23(22)14-11-21-12-15-29(39)28(19-21)37-33-24-7-3-4-8-25(24)34-37;1-3(2)4(5)6/h3-10,12-13,15-16,19,39-40H,1,11,14,17-18H2,2H3;1H2,2H3,(H,5,6). The second-order valence-electron chi connectivity index (χ2n) is 11.1. The van der Waals surface area contributed by atoms with E-state index in [2.05, 4.69) is 33.6 Å². The van der Waals surface area contributed by atoms with Crippen molar-refractivity contribution in [2.45, 2.75) is 33.1 Å². The zero-order valence-corrected chi connectivity index (χ0v) is 26.5. The lowest BCUT2D eigenvalue weighted by Gasteiger charge is -2.16. The predicted octanol–water partition coefficient (Wildman–Crippen LogP) is 5.66. The Balaban J connectivity index is 0.000000689. The number of hydrogen-bond donors (Lipinski definition) is 3. The van der Waals surface area contributed by atoms with Crippen LogP contribution in [0.15, 0.2) is 103 Å². The summed E-state index contributed by atoms with van der Waals surface area (Å²) in [6, 6.07) is 23.8. The molecule has 0 spiro atoms. The number of nitrogens with zero attached hydrogens (tertiary/aromatic N) is 6. The van der Waals surface area contributed by atoms with E-state index in [4.69, 9.17) is 9.84 Å². The number of aryl methyl sites for hydroxylation is 1. The number of hydrogen-bond acceptors (Lipinski definition) is 9. The number of carbonyl (C=O) groups is 2. The van der Waals surface area contributed by atoms with E-state index in [0.717, 1.165) is 27.7 Å². The molecular weight excluding hydrogens is 612 g/mol. The third-order valence-corrected chi connectivity index (χ3v) is 7.37. The van der Waals surface area contributed by atoms with E-state index in [-0.39, 0.29) is 23.7 Å². The van der Waals surface area contributed by atoms with Crippen LogP contribution in [-0.2, 0) is 33.6 Å². The maximum atomic E-state index is 12.0. The van der Waals surface area contributed by atoms with Crippen LogP contribution in [-0.4, -0.2) is 63.9 Å². The van der Waals surface area contributed by atoms with Gasteiger partial charge in [-0.15, -0.1) is 30.0 Å². The van der Waals surface area contributed by atoms with E-state index in [9.17, 15) is 19.8 Å². The maximum absolute atomic E-state index is 12.0. The van der Waals surface area contributed by atoms with Gasteiger partial charge in [-0.25, -0.2) is 9.59 Å². The predicted molar refractivity (Wildman–Crippen MR) is 180 cm³/mol. The fraction of sp³-hybridized carbons (Fsp3) is 0.167. The number of carboxylic acid groups (broad SMARTS) is 1. The van der Waals surface area contributed by atoms with Gasteiger partial charge in [-0.2, -0.15) is 0 Å². The molecule has 0 saturated heterocycles. The molecule has 0 atom stereocenters. The van der Waals surface area contributed by atoms with Crippen LogP contribution < -0.4 is 0 Å². The summed E-state index contributed by atoms with van der Waals surface area (Å²) in [5.41, 5.74) is 6.92. The Hall–Kier alpha value is -6.30. The van der Waals surface area contributed by atoms with Crippen molar-refractivity contribution >= 4 is 34.0 Å². The fourth-order valence-electron chi connectivity index (χ4n) is 4.86. The monoisotopic (exact) mass is 646 g/mol. The number of benzene rings is 4. The zero-order chi connectivity index (χ0) is 34.4. The first kappa shape index (κ1) is 33.1. The first-order valence-corrected chi connectivity index (χ1v) is 15.0. The highest BCUT2D eigenvalue weighted by atomic mass is 16.5. The van der Waals surface area contributed by atoms with Crippen LogP contribution in [0.3, 0.4) is 0 Å². The molecule has 12 heteroatoms. The van der Waals surface area contributed by atoms with Crippen molar-refractivity contribution in [2.24, 2.45) is 0 Å². The van der Waals surface area contributed by atoms with Gasteiger partial charge < -0.3 is 20.1 Å². The minimum atomic E-state index is -0.935. The van der Waals surface area contributed by atoms with Gasteiger partial charge in [-0.05, 0) is 85.8 Å². The lowest BCUT2D eigenvalue weighted by Crippen LogP contribution is -2.12. The molecule has 0 aliphatic rings. The number of aromatic hydroxyl groups is 2. The van der Waals surface area contributed by atoms with Crippen LogP contribution in [0.25, 0.3) is 33.4 Å². The number of fused-ring (bicyclic) bond motifs is 2. The minimum Gasteiger partial charge on any atom is -0.506 e. The average Bonchev–Trinajstić information content (AvgIpc) is 3.69. The molecule has 0 bridgehead atoms. The SMILES string of the molecule is C=C(C)C(=O)O.C=C(C)C(=O)OCCc1ccc(O)c(-n2nc3ccccc3n2)c1CCc1ccc(O)c(-n2nc3ccccc3n2)c1. The van der Waals surface area contributed by atoms with Crippen molar-refractivity contribution in [3.05, 3.63) is 120 Å². The molecular formula is C36H34N6O6. The third kappa shape index (κ3) is 7.56. The van der Waals surface area contributed by atoms with Crippen molar-refractivity contribution in [3.8, 4) is 22.9 Å². The maximum Gasteiger partial charge on any atom is 0.333 e. The molecule has 0 saturated carbocycles. The molecule has 12 nitrogen and oxygen atoms in total. The summed E-state index contributed by atoms with van der Waals surface area (Å²) in [5.74, 6) is -1.29. The van der Waals surface area contributed by atoms with Crippen LogP contribution in [0.4, 0.5) is 0 Å². The van der Waals surface area contributed by atoms with E-state index >= 15 is 0 Å². The van der Waals surface area contributed by atoms with Gasteiger partial charge in [-0.1, -0.05) is 49.6 Å². The van der Waals surface area contributed by atoms with Gasteiger partial charge in [0.05, 0.1) is 6.61 Å². The Kier molecular flexibility index (Phi) is 9.94. The minimum absolute atomic E-state index is 0.0341. The molecule has 0 aliphatic heterocycles. The molecule has 0 aliphatic carbocycles. The molecule has 244 valence electrons. The van der Waals surface area contributed by atoms with E-state index < -0.39 is 11.9 Å². The Morgan fingerprint density at radius 1 is 0.708 bits per heavy atom. The Labute approximate surface area is 275 Å². The average molecular weight is 647 g/mol. The van der Waals surface area contributed by atoms with Crippen LogP contribution in [0.5, 0.6) is 11.5 Å². The van der Waals surface area contributed by atoms with Crippen LogP contribution in [0.1, 0.15) is 30.5 Å². The topological polar surface area (TPSA) is 165 Å². The lowest BCUT2D eigenvalue weighted by atomic mass is 9.95. The number of phenols is 2. The van der Waals surface area contributed by atoms with Crippen LogP contribution in [0.2, 0.25) is 0 Å². The van der Waals surface area contributed by atoms with Gasteiger partial charge in [0.25, 0.3) is 0 Å². The summed E-state index contributed by atoms with van der Waals surface area (Å²) in [7, 11) is 0. The molecule has 48 heavy (non-hydrogen) atoms. The Morgan fingerprint density at radius 2 is 1.23 bits per heavy atom. The zero-order valence-electron chi connectivity index (χ0n) is 26.5. The number of carboxylic acids is 1. The van der Waals surface area contributed by atoms with Crippen LogP contribution >= 0.6 is 0 Å². The molecule has 0 unspecified atom stereocenters. The summed E-state index contributed by atoms with van der Waals surface area (Å²) in [6.45, 7) is 10.00. The second kappa shape index (κ2) is 14.4. The summed E-state index contributed by atoms with van der Waals surface area (Å²) in [5, 5.41) is 47.8. The first-order chi connectivity index (χ1) is 23.0. The molecule has 6 aromatic rings. The number of carbonyl (C=O) groups excluding carboxylic acids is 1. The largest absolute Gasteiger partial charge is 0.506 e. The number of rotatable bonds is 10. The molecule has 0 fully saturated rings. The van der Waals surface area contributed by atoms with Gasteiger partial charge in [-0.3, -0.25) is 0 Å². The van der Waals surface area contributed by atoms with Crippen molar-refractivity contribution in [3.63, 3.8) is 0 Å². The first-order valence-electron chi connectivity index (χ1n) is 15.0. The third-order valence-electron chi connectivity index (χ3n) is 7.37. The highest BCUT2D eigenvalue weighted by Gasteiger charge is 2.19. The number of aliphatic carboxylic acids is 1. The lowest BCUT2D eigenvalue weighted by molar-refractivity contribution is -0.138. The van der Waals surface area contributed by atoms with Gasteiger partial charge in [0, 0.05) is 17.6 Å². The van der Waals surface area contributed by atoms with E-state index in [0.29, 0.717) is 47.2 Å². The van der Waals surface area contributed by atoms with Crippen LogP contribution in [0, 0.1) is 0 Å². The smallest absolute Gasteiger partial charge is 0.333 e. The highest BCUT2D eigenvalue weighted by Crippen LogP contribution is 2.31. The summed E-state index contributed by atoms with van der Waals surface area (Å²) < 4.78 is 5.37. The summed E-state index contributed by atoms with van der Waals surface area (Å²) in [6.07, 6.45) is 1.49. The van der Waals surface area contributed by atoms with E-state index in [1.807, 2.05) is 66.7 Å². The molecule has 6 rings (SSSR count). The van der Waals surface area contributed by atoms with Gasteiger partial charge in [0.2, 0.25) is 0 Å². The van der Waals surface area contributed by atoms with Crippen molar-refractivity contribution < 1.29 is 29.6 Å². The molecule has 2 aromatic heterocycles. The molecule has 4 aromatic carbocycles. The summed E-state index contributed by atoms with van der Waals surface area (Å²) >= 11 is 0. The van der Waals surface area contributed by atoms with Gasteiger partial charge >= 0.3 is 11.9 Å². The Bertz CT molecular complexity index is 2090. The Morgan fingerprint density at radius 3 is 1.75 bits per heavy atom. The van der Waals surface area contributed by atoms with Crippen molar-refractivity contribution in [1.82, 2.24) is 30.0 Å². The van der Waals surface area contributed by atoms with E-state index in [1.54, 1.807) is 19.1 Å². The molecule has 2 heterocycles. The molecule has 3 N–H and O–H groups in total. The molecule has 0 radical (unpaired) electrons. The highest BCUT2D eigenvalue weighted by molar-refractivity contribution is 5.87. The normalized spacial score (nSPS) is 10.8. The molecule has 0 amide bonds. The van der Waals surface area contributed by atoms with Crippen molar-refractivity contribution in [1.29, 1.82) is 0 Å². The number of ether oxygens (including phenoxy) is 1. The van der Waals surface area contributed by atoms with Gasteiger partial charge in [0.15, 0.2) is 0 Å². The quantitative estimate of drug-likeness (QED) is 0.125. The fourth-order valence-corrected chi connectivity index (χ4v) is 4.86. The summed E-state index contributed by atoms with van der Waals surface area (Å²) in [4.78, 5) is 24.5. The number of esters is 1. The number of phenolic OH excluding ortho intramolecular Hbond substituents is 2. The van der Waals surface area contributed by atoms with Crippen molar-refractivity contribution in [2.75, 3.05) is 6.61 Å². The van der Waals surface area contributed by atoms with Gasteiger partial charge in [0.1, 0.15) is 44.9 Å².